The van der Waals surface area contributed by atoms with Gasteiger partial charge in [-0.25, -0.2) is 0 Å². The van der Waals surface area contributed by atoms with E-state index in [1.807, 2.05) is 0 Å². The predicted octanol–water partition coefficient (Wildman–Crippen LogP) is 0.969. The highest BCUT2D eigenvalue weighted by Crippen LogP contribution is 2.27. The van der Waals surface area contributed by atoms with Crippen molar-refractivity contribution in [1.29, 1.82) is 0 Å². The van der Waals surface area contributed by atoms with Gasteiger partial charge in [0.2, 0.25) is 0 Å². The fourth-order valence-electron chi connectivity index (χ4n) is 1.23. The summed E-state index contributed by atoms with van der Waals surface area (Å²) >= 11 is 0. The number of nitrogens with one attached hydrogen (secondary N) is 1. The van der Waals surface area contributed by atoms with E-state index >= 15 is 0 Å². The average molecular weight is 156 g/mol. The van der Waals surface area contributed by atoms with Crippen LogP contribution in [0.3, 0.4) is 0 Å². The molecule has 11 heavy (non-hydrogen) atoms. The van der Waals surface area contributed by atoms with Crippen LogP contribution in [0.25, 0.3) is 0 Å². The van der Waals surface area contributed by atoms with Gasteiger partial charge in [-0.05, 0) is 31.2 Å². The molecule has 0 bridgehead atoms. The van der Waals surface area contributed by atoms with E-state index in [1.54, 1.807) is 0 Å². The molecular weight excluding hydrogens is 136 g/mol. The first-order valence-electron chi connectivity index (χ1n) is 4.67. The summed E-state index contributed by atoms with van der Waals surface area (Å²) in [6.45, 7) is 6.39. The van der Waals surface area contributed by atoms with E-state index in [0.717, 1.165) is 12.5 Å². The molecule has 1 saturated carbocycles. The van der Waals surface area contributed by atoms with Gasteiger partial charge < -0.3 is 11.1 Å². The lowest BCUT2D eigenvalue weighted by Gasteiger charge is -2.20. The van der Waals surface area contributed by atoms with Crippen molar-refractivity contribution in [2.75, 3.05) is 13.1 Å². The second-order valence-electron chi connectivity index (χ2n) is 3.94. The van der Waals surface area contributed by atoms with E-state index < -0.39 is 0 Å². The van der Waals surface area contributed by atoms with Crippen molar-refractivity contribution in [3.8, 4) is 0 Å². The lowest BCUT2D eigenvalue weighted by molar-refractivity contribution is 0.400. The van der Waals surface area contributed by atoms with Crippen LogP contribution in [0.1, 0.15) is 26.7 Å². The first-order valence-corrected chi connectivity index (χ1v) is 4.67. The van der Waals surface area contributed by atoms with E-state index in [0.29, 0.717) is 12.0 Å². The minimum Gasteiger partial charge on any atom is -0.329 e. The molecular formula is C9H20N2. The molecule has 2 nitrogen and oxygen atoms in total. The van der Waals surface area contributed by atoms with Crippen LogP contribution in [-0.4, -0.2) is 19.1 Å². The lowest BCUT2D eigenvalue weighted by atomic mass is 10.0. The largest absolute Gasteiger partial charge is 0.329 e. The van der Waals surface area contributed by atoms with Crippen molar-refractivity contribution >= 4 is 0 Å². The van der Waals surface area contributed by atoms with Gasteiger partial charge in [0, 0.05) is 12.6 Å². The van der Waals surface area contributed by atoms with Crippen LogP contribution < -0.4 is 11.1 Å². The van der Waals surface area contributed by atoms with Gasteiger partial charge in [0.1, 0.15) is 0 Å². The van der Waals surface area contributed by atoms with Gasteiger partial charge in [0.15, 0.2) is 0 Å². The second kappa shape index (κ2) is 4.07. The summed E-state index contributed by atoms with van der Waals surface area (Å²) in [5.41, 5.74) is 5.62. The fourth-order valence-corrected chi connectivity index (χ4v) is 1.23. The summed E-state index contributed by atoms with van der Waals surface area (Å²) in [6.07, 6.45) is 2.84. The maximum Gasteiger partial charge on any atom is 0.0213 e. The van der Waals surface area contributed by atoms with E-state index in [9.17, 15) is 0 Å². The van der Waals surface area contributed by atoms with Crippen molar-refractivity contribution in [2.45, 2.75) is 32.7 Å². The number of nitrogens with two attached hydrogens (primary N) is 1. The SMILES string of the molecule is CC(C)C(CN)NCC1CC1. The first kappa shape index (κ1) is 9.01. The molecule has 1 atom stereocenters. The van der Waals surface area contributed by atoms with Crippen molar-refractivity contribution in [3.05, 3.63) is 0 Å². The molecule has 1 aliphatic rings. The molecule has 1 aliphatic carbocycles. The molecule has 1 rings (SSSR count). The fraction of sp³-hybridized carbons (Fsp3) is 1.00. The van der Waals surface area contributed by atoms with Gasteiger partial charge in [-0.1, -0.05) is 13.8 Å². The Bertz CT molecular complexity index is 108. The van der Waals surface area contributed by atoms with Crippen molar-refractivity contribution < 1.29 is 0 Å². The van der Waals surface area contributed by atoms with Gasteiger partial charge in [0.05, 0.1) is 0 Å². The van der Waals surface area contributed by atoms with Crippen LogP contribution in [0.5, 0.6) is 0 Å². The maximum absolute atomic E-state index is 5.62. The Morgan fingerprint density at radius 2 is 2.09 bits per heavy atom. The highest BCUT2D eigenvalue weighted by atomic mass is 14.9. The standard InChI is InChI=1S/C9H20N2/c1-7(2)9(5-10)11-6-8-3-4-8/h7-9,11H,3-6,10H2,1-2H3. The molecule has 1 fully saturated rings. The summed E-state index contributed by atoms with van der Waals surface area (Å²) in [5.74, 6) is 1.63. The van der Waals surface area contributed by atoms with Crippen molar-refractivity contribution in [3.63, 3.8) is 0 Å². The van der Waals surface area contributed by atoms with E-state index in [1.165, 1.54) is 19.4 Å². The monoisotopic (exact) mass is 156 g/mol. The van der Waals surface area contributed by atoms with Crippen LogP contribution in [-0.2, 0) is 0 Å². The van der Waals surface area contributed by atoms with Gasteiger partial charge in [-0.3, -0.25) is 0 Å². The maximum atomic E-state index is 5.62. The summed E-state index contributed by atoms with van der Waals surface area (Å²) in [5, 5.41) is 3.51. The zero-order chi connectivity index (χ0) is 8.27. The van der Waals surface area contributed by atoms with Crippen molar-refractivity contribution in [2.24, 2.45) is 17.6 Å². The Labute approximate surface area is 69.5 Å². The highest BCUT2D eigenvalue weighted by Gasteiger charge is 2.22. The minimum atomic E-state index is 0.524. The molecule has 0 aromatic rings. The molecule has 0 heterocycles. The van der Waals surface area contributed by atoms with E-state index in [2.05, 4.69) is 19.2 Å². The zero-order valence-corrected chi connectivity index (χ0v) is 7.64. The number of rotatable bonds is 5. The topological polar surface area (TPSA) is 38.0 Å². The third kappa shape index (κ3) is 3.21. The molecule has 0 saturated heterocycles. The molecule has 1 unspecified atom stereocenters. The molecule has 2 heteroatoms. The van der Waals surface area contributed by atoms with Crippen LogP contribution in [0.2, 0.25) is 0 Å². The van der Waals surface area contributed by atoms with Gasteiger partial charge in [-0.2, -0.15) is 0 Å². The van der Waals surface area contributed by atoms with Crippen molar-refractivity contribution in [1.82, 2.24) is 5.32 Å². The average Bonchev–Trinajstić information content (AvgIpc) is 2.72. The Morgan fingerprint density at radius 1 is 1.45 bits per heavy atom. The Morgan fingerprint density at radius 3 is 2.45 bits per heavy atom. The Balaban J connectivity index is 2.08. The van der Waals surface area contributed by atoms with Gasteiger partial charge >= 0.3 is 0 Å². The molecule has 0 aromatic heterocycles. The number of hydrogen-bond acceptors (Lipinski definition) is 2. The molecule has 0 amide bonds. The second-order valence-corrected chi connectivity index (χ2v) is 3.94. The molecule has 66 valence electrons. The van der Waals surface area contributed by atoms with E-state index in [4.69, 9.17) is 5.73 Å². The van der Waals surface area contributed by atoms with Crippen LogP contribution in [0.4, 0.5) is 0 Å². The summed E-state index contributed by atoms with van der Waals surface area (Å²) < 4.78 is 0. The van der Waals surface area contributed by atoms with Gasteiger partial charge in [0.25, 0.3) is 0 Å². The normalized spacial score (nSPS) is 20.7. The molecule has 0 aliphatic heterocycles. The third-order valence-corrected chi connectivity index (χ3v) is 2.42. The highest BCUT2D eigenvalue weighted by molar-refractivity contribution is 4.79. The molecule has 3 N–H and O–H groups in total. The van der Waals surface area contributed by atoms with Crippen LogP contribution >= 0.6 is 0 Å². The third-order valence-electron chi connectivity index (χ3n) is 2.42. The summed E-state index contributed by atoms with van der Waals surface area (Å²) in [6, 6.07) is 0.524. The van der Waals surface area contributed by atoms with E-state index in [-0.39, 0.29) is 0 Å². The molecule has 0 spiro atoms. The Kier molecular flexibility index (Phi) is 3.34. The zero-order valence-electron chi connectivity index (χ0n) is 7.64. The summed E-state index contributed by atoms with van der Waals surface area (Å²) in [7, 11) is 0. The van der Waals surface area contributed by atoms with Crippen LogP contribution in [0.15, 0.2) is 0 Å². The smallest absolute Gasteiger partial charge is 0.0213 e. The Hall–Kier alpha value is -0.0800. The minimum absolute atomic E-state index is 0.524. The van der Waals surface area contributed by atoms with Crippen LogP contribution in [0, 0.1) is 11.8 Å². The number of hydrogen-bond donors (Lipinski definition) is 2. The quantitative estimate of drug-likeness (QED) is 0.622. The summed E-state index contributed by atoms with van der Waals surface area (Å²) in [4.78, 5) is 0. The lowest BCUT2D eigenvalue weighted by Crippen LogP contribution is -2.41. The first-order chi connectivity index (χ1) is 5.24. The molecule has 0 aromatic carbocycles. The predicted molar refractivity (Wildman–Crippen MR) is 48.4 cm³/mol. The van der Waals surface area contributed by atoms with Gasteiger partial charge in [-0.15, -0.1) is 0 Å². The molecule has 0 radical (unpaired) electrons.